The first-order valence-corrected chi connectivity index (χ1v) is 7.12. The van der Waals surface area contributed by atoms with Crippen LogP contribution in [0.1, 0.15) is 46.0 Å². The van der Waals surface area contributed by atoms with Crippen molar-refractivity contribution in [1.29, 1.82) is 0 Å². The largest absolute Gasteiger partial charge is 0.481 e. The van der Waals surface area contributed by atoms with E-state index in [0.29, 0.717) is 12.6 Å². The maximum Gasteiger partial charge on any atom is 0.304 e. The smallest absolute Gasteiger partial charge is 0.304 e. The first-order valence-electron chi connectivity index (χ1n) is 7.12. The zero-order valence-electron chi connectivity index (χ0n) is 12.6. The number of hydrogen-bond donors (Lipinski definition) is 2. The first-order chi connectivity index (χ1) is 8.90. The number of rotatable bonds is 6. The van der Waals surface area contributed by atoms with Gasteiger partial charge in [-0.25, -0.2) is 0 Å². The molecule has 1 amide bonds. The standard InChI is InChI=1S/C14H26N2O3.ClH/c1-10-4-6-12(7-5-10)15-14(19)11(2)16(3)9-8-13(17)18;/h10-12H,4-9H2,1-3H3,(H,15,19)(H,17,18);1H. The number of carbonyl (C=O) groups is 2. The molecule has 1 atom stereocenters. The molecular formula is C14H27ClN2O3. The van der Waals surface area contributed by atoms with Gasteiger partial charge in [0.2, 0.25) is 5.91 Å². The Hall–Kier alpha value is -0.810. The Morgan fingerprint density at radius 2 is 1.85 bits per heavy atom. The number of aliphatic carboxylic acids is 1. The molecule has 0 spiro atoms. The molecule has 5 nitrogen and oxygen atoms in total. The van der Waals surface area contributed by atoms with Crippen LogP contribution in [-0.2, 0) is 9.59 Å². The zero-order valence-corrected chi connectivity index (χ0v) is 13.4. The number of nitrogens with one attached hydrogen (secondary N) is 1. The molecule has 1 saturated carbocycles. The quantitative estimate of drug-likeness (QED) is 0.786. The molecule has 1 aliphatic rings. The van der Waals surface area contributed by atoms with Gasteiger partial charge in [0.25, 0.3) is 0 Å². The predicted octanol–water partition coefficient (Wildman–Crippen LogP) is 1.90. The molecule has 0 aromatic heterocycles. The molecule has 0 saturated heterocycles. The second kappa shape index (κ2) is 9.19. The summed E-state index contributed by atoms with van der Waals surface area (Å²) in [4.78, 5) is 24.4. The molecule has 0 aliphatic heterocycles. The van der Waals surface area contributed by atoms with Gasteiger partial charge in [-0.3, -0.25) is 14.5 Å². The summed E-state index contributed by atoms with van der Waals surface area (Å²) in [5.41, 5.74) is 0. The minimum atomic E-state index is -0.833. The number of likely N-dealkylation sites (N-methyl/N-ethyl adjacent to an activating group) is 1. The van der Waals surface area contributed by atoms with Gasteiger partial charge < -0.3 is 10.4 Å². The number of carboxylic acid groups (broad SMARTS) is 1. The van der Waals surface area contributed by atoms with E-state index < -0.39 is 5.97 Å². The van der Waals surface area contributed by atoms with Crippen molar-refractivity contribution >= 4 is 24.3 Å². The summed E-state index contributed by atoms with van der Waals surface area (Å²) < 4.78 is 0. The van der Waals surface area contributed by atoms with Gasteiger partial charge in [-0.15, -0.1) is 12.4 Å². The van der Waals surface area contributed by atoms with E-state index in [1.54, 1.807) is 11.9 Å². The van der Waals surface area contributed by atoms with Crippen molar-refractivity contribution in [3.8, 4) is 0 Å². The lowest BCUT2D eigenvalue weighted by atomic mass is 9.87. The van der Waals surface area contributed by atoms with E-state index in [0.717, 1.165) is 18.8 Å². The fraction of sp³-hybridized carbons (Fsp3) is 0.857. The molecule has 2 N–H and O–H groups in total. The fourth-order valence-corrected chi connectivity index (χ4v) is 2.39. The Bertz CT molecular complexity index is 318. The third-order valence-corrected chi connectivity index (χ3v) is 4.08. The van der Waals surface area contributed by atoms with Gasteiger partial charge in [-0.05, 0) is 45.6 Å². The van der Waals surface area contributed by atoms with E-state index >= 15 is 0 Å². The molecule has 1 unspecified atom stereocenters. The Kier molecular flexibility index (Phi) is 8.81. The minimum Gasteiger partial charge on any atom is -0.481 e. The van der Waals surface area contributed by atoms with Crippen LogP contribution in [0.3, 0.4) is 0 Å². The molecule has 0 bridgehead atoms. The SMILES string of the molecule is CC1CCC(NC(=O)C(C)N(C)CCC(=O)O)CC1.Cl. The average molecular weight is 307 g/mol. The lowest BCUT2D eigenvalue weighted by Crippen LogP contribution is -2.48. The molecule has 0 radical (unpaired) electrons. The minimum absolute atomic E-state index is 0. The third-order valence-electron chi connectivity index (χ3n) is 4.08. The van der Waals surface area contributed by atoms with Crippen molar-refractivity contribution in [2.75, 3.05) is 13.6 Å². The number of carboxylic acids is 1. The Morgan fingerprint density at radius 1 is 1.30 bits per heavy atom. The summed E-state index contributed by atoms with van der Waals surface area (Å²) in [6.07, 6.45) is 4.52. The summed E-state index contributed by atoms with van der Waals surface area (Å²) in [6.45, 7) is 4.47. The van der Waals surface area contributed by atoms with Gasteiger partial charge in [0.05, 0.1) is 12.5 Å². The van der Waals surface area contributed by atoms with Crippen molar-refractivity contribution in [3.05, 3.63) is 0 Å². The highest BCUT2D eigenvalue weighted by molar-refractivity contribution is 5.85. The molecule has 118 valence electrons. The van der Waals surface area contributed by atoms with Crippen molar-refractivity contribution in [3.63, 3.8) is 0 Å². The maximum absolute atomic E-state index is 12.1. The molecule has 1 fully saturated rings. The number of amides is 1. The summed E-state index contributed by atoms with van der Waals surface area (Å²) in [5.74, 6) is -0.0583. The van der Waals surface area contributed by atoms with Crippen LogP contribution in [0.15, 0.2) is 0 Å². The summed E-state index contributed by atoms with van der Waals surface area (Å²) in [6, 6.07) is 0.0118. The monoisotopic (exact) mass is 306 g/mol. The molecule has 6 heteroatoms. The van der Waals surface area contributed by atoms with Crippen LogP contribution in [0.2, 0.25) is 0 Å². The van der Waals surface area contributed by atoms with Crippen LogP contribution in [0.4, 0.5) is 0 Å². The number of hydrogen-bond acceptors (Lipinski definition) is 3. The van der Waals surface area contributed by atoms with E-state index in [-0.39, 0.29) is 30.8 Å². The Balaban J connectivity index is 0.00000361. The van der Waals surface area contributed by atoms with E-state index in [1.165, 1.54) is 12.8 Å². The molecular weight excluding hydrogens is 280 g/mol. The van der Waals surface area contributed by atoms with Gasteiger partial charge >= 0.3 is 5.97 Å². The number of halogens is 1. The van der Waals surface area contributed by atoms with Gasteiger partial charge in [0.15, 0.2) is 0 Å². The van der Waals surface area contributed by atoms with E-state index in [4.69, 9.17) is 5.11 Å². The molecule has 1 aliphatic carbocycles. The van der Waals surface area contributed by atoms with Crippen molar-refractivity contribution in [2.45, 2.75) is 58.0 Å². The summed E-state index contributed by atoms with van der Waals surface area (Å²) in [7, 11) is 1.79. The van der Waals surface area contributed by atoms with E-state index in [2.05, 4.69) is 12.2 Å². The highest BCUT2D eigenvalue weighted by atomic mass is 35.5. The average Bonchev–Trinajstić information content (AvgIpc) is 2.37. The lowest BCUT2D eigenvalue weighted by Gasteiger charge is -2.30. The topological polar surface area (TPSA) is 69.6 Å². The predicted molar refractivity (Wildman–Crippen MR) is 81.2 cm³/mol. The number of carbonyl (C=O) groups excluding carboxylic acids is 1. The van der Waals surface area contributed by atoms with Gasteiger partial charge in [-0.1, -0.05) is 6.92 Å². The molecule has 20 heavy (non-hydrogen) atoms. The highest BCUT2D eigenvalue weighted by Crippen LogP contribution is 2.23. The first kappa shape index (κ1) is 19.2. The van der Waals surface area contributed by atoms with Crippen LogP contribution in [0.25, 0.3) is 0 Å². The van der Waals surface area contributed by atoms with Crippen molar-refractivity contribution in [1.82, 2.24) is 10.2 Å². The molecule has 0 aromatic rings. The van der Waals surface area contributed by atoms with Gasteiger partial charge in [0, 0.05) is 12.6 Å². The molecule has 1 rings (SSSR count). The second-order valence-electron chi connectivity index (χ2n) is 5.77. The second-order valence-corrected chi connectivity index (χ2v) is 5.77. The van der Waals surface area contributed by atoms with Crippen LogP contribution >= 0.6 is 12.4 Å². The van der Waals surface area contributed by atoms with Crippen LogP contribution in [0, 0.1) is 5.92 Å². The van der Waals surface area contributed by atoms with Gasteiger partial charge in [-0.2, -0.15) is 0 Å². The molecule has 0 aromatic carbocycles. The highest BCUT2D eigenvalue weighted by Gasteiger charge is 2.24. The zero-order chi connectivity index (χ0) is 14.4. The lowest BCUT2D eigenvalue weighted by molar-refractivity contribution is -0.138. The number of nitrogens with zero attached hydrogens (tertiary/aromatic N) is 1. The summed E-state index contributed by atoms with van der Waals surface area (Å²) in [5, 5.41) is 11.7. The van der Waals surface area contributed by atoms with Crippen LogP contribution < -0.4 is 5.32 Å². The van der Waals surface area contributed by atoms with Crippen LogP contribution in [0.5, 0.6) is 0 Å². The Morgan fingerprint density at radius 3 is 2.35 bits per heavy atom. The fourth-order valence-electron chi connectivity index (χ4n) is 2.39. The van der Waals surface area contributed by atoms with E-state index in [9.17, 15) is 9.59 Å². The van der Waals surface area contributed by atoms with Crippen molar-refractivity contribution < 1.29 is 14.7 Å². The maximum atomic E-state index is 12.1. The van der Waals surface area contributed by atoms with Gasteiger partial charge in [0.1, 0.15) is 0 Å². The summed E-state index contributed by atoms with van der Waals surface area (Å²) >= 11 is 0. The molecule has 0 heterocycles. The van der Waals surface area contributed by atoms with E-state index in [1.807, 2.05) is 6.92 Å². The van der Waals surface area contributed by atoms with Crippen molar-refractivity contribution in [2.24, 2.45) is 5.92 Å². The normalized spacial score (nSPS) is 23.8. The van der Waals surface area contributed by atoms with Crippen LogP contribution in [-0.4, -0.2) is 47.6 Å². The third kappa shape index (κ3) is 6.57. The Labute approximate surface area is 127 Å².